The second-order valence-corrected chi connectivity index (χ2v) is 10.6. The summed E-state index contributed by atoms with van der Waals surface area (Å²) in [6.07, 6.45) is 1.54. The van der Waals surface area contributed by atoms with Crippen molar-refractivity contribution in [2.75, 3.05) is 12.8 Å². The van der Waals surface area contributed by atoms with Crippen LogP contribution in [0.5, 0.6) is 5.75 Å². The number of phenols is 1. The summed E-state index contributed by atoms with van der Waals surface area (Å²) in [5, 5.41) is 18.8. The van der Waals surface area contributed by atoms with Crippen LogP contribution < -0.4 is 4.72 Å². The van der Waals surface area contributed by atoms with E-state index in [0.29, 0.717) is 12.0 Å². The Morgan fingerprint density at radius 3 is 2.26 bits per heavy atom. The van der Waals surface area contributed by atoms with Crippen LogP contribution in [0.2, 0.25) is 0 Å². The average Bonchev–Trinajstić information content (AvgIpc) is 2.74. The molecule has 0 fully saturated rings. The fourth-order valence-corrected chi connectivity index (χ4v) is 5.15. The van der Waals surface area contributed by atoms with E-state index >= 15 is 0 Å². The van der Waals surface area contributed by atoms with Gasteiger partial charge in [-0.25, -0.2) is 21.6 Å². The first kappa shape index (κ1) is 22.5. The van der Waals surface area contributed by atoms with E-state index in [1.807, 2.05) is 6.07 Å². The lowest BCUT2D eigenvalue weighted by molar-refractivity contribution is 0.458. The minimum Gasteiger partial charge on any atom is -0.507 e. The van der Waals surface area contributed by atoms with Gasteiger partial charge in [0.25, 0.3) is 0 Å². The predicted molar refractivity (Wildman–Crippen MR) is 117 cm³/mol. The molecule has 0 aliphatic rings. The molecule has 0 atom stereocenters. The molecule has 2 N–H and O–H groups in total. The van der Waals surface area contributed by atoms with Crippen LogP contribution in [-0.2, 0) is 26.3 Å². The van der Waals surface area contributed by atoms with E-state index in [1.54, 1.807) is 48.5 Å². The van der Waals surface area contributed by atoms with Crippen molar-refractivity contribution >= 4 is 19.9 Å². The van der Waals surface area contributed by atoms with Gasteiger partial charge in [0.05, 0.1) is 16.5 Å². The van der Waals surface area contributed by atoms with Crippen LogP contribution in [0.15, 0.2) is 76.5 Å². The van der Waals surface area contributed by atoms with E-state index in [1.165, 1.54) is 12.1 Å². The largest absolute Gasteiger partial charge is 0.507 e. The van der Waals surface area contributed by atoms with Gasteiger partial charge in [-0.05, 0) is 41.8 Å². The van der Waals surface area contributed by atoms with Gasteiger partial charge >= 0.3 is 0 Å². The van der Waals surface area contributed by atoms with E-state index in [2.05, 4.69) is 4.72 Å². The van der Waals surface area contributed by atoms with E-state index < -0.39 is 25.6 Å². The molecule has 9 heteroatoms. The van der Waals surface area contributed by atoms with Crippen molar-refractivity contribution in [1.29, 1.82) is 5.26 Å². The lowest BCUT2D eigenvalue weighted by Gasteiger charge is -2.10. The van der Waals surface area contributed by atoms with Crippen molar-refractivity contribution in [1.82, 2.24) is 4.72 Å². The first-order chi connectivity index (χ1) is 14.6. The van der Waals surface area contributed by atoms with Gasteiger partial charge in [-0.2, -0.15) is 5.26 Å². The minimum absolute atomic E-state index is 0.0812. The monoisotopic (exact) mass is 456 g/mol. The quantitative estimate of drug-likeness (QED) is 0.563. The zero-order valence-electron chi connectivity index (χ0n) is 16.6. The van der Waals surface area contributed by atoms with Crippen molar-refractivity contribution in [3.8, 4) is 22.9 Å². The molecule has 0 aliphatic carbocycles. The molecular weight excluding hydrogens is 436 g/mol. The Kier molecular flexibility index (Phi) is 6.45. The van der Waals surface area contributed by atoms with Gasteiger partial charge in [-0.1, -0.05) is 42.5 Å². The SMILES string of the molecule is CS(=O)(=O)c1ccccc1-c1ccc(CCNS(=O)(=O)c2cc(C#N)ccc2O)cc1. The van der Waals surface area contributed by atoms with Gasteiger partial charge < -0.3 is 5.11 Å². The van der Waals surface area contributed by atoms with Gasteiger partial charge in [0.15, 0.2) is 9.84 Å². The Bertz CT molecular complexity index is 1360. The molecule has 0 radical (unpaired) electrons. The number of phenolic OH excluding ortho intramolecular Hbond substituents is 1. The molecule has 7 nitrogen and oxygen atoms in total. The fraction of sp³-hybridized carbons (Fsp3) is 0.136. The van der Waals surface area contributed by atoms with Crippen LogP contribution in [0, 0.1) is 11.3 Å². The zero-order valence-corrected chi connectivity index (χ0v) is 18.2. The fourth-order valence-electron chi connectivity index (χ4n) is 3.09. The number of hydrogen-bond donors (Lipinski definition) is 2. The number of rotatable bonds is 7. The summed E-state index contributed by atoms with van der Waals surface area (Å²) in [7, 11) is -7.36. The van der Waals surface area contributed by atoms with Gasteiger partial charge in [-0.3, -0.25) is 0 Å². The van der Waals surface area contributed by atoms with Crippen molar-refractivity contribution in [2.24, 2.45) is 0 Å². The van der Waals surface area contributed by atoms with E-state index in [-0.39, 0.29) is 21.9 Å². The van der Waals surface area contributed by atoms with Crippen LogP contribution in [0.1, 0.15) is 11.1 Å². The number of nitriles is 1. The number of sulfonamides is 1. The van der Waals surface area contributed by atoms with Crippen LogP contribution in [0.25, 0.3) is 11.1 Å². The molecule has 0 amide bonds. The normalized spacial score (nSPS) is 11.7. The molecule has 0 saturated carbocycles. The summed E-state index contributed by atoms with van der Waals surface area (Å²) in [5.41, 5.74) is 2.31. The van der Waals surface area contributed by atoms with Gasteiger partial charge in [0, 0.05) is 18.4 Å². The topological polar surface area (TPSA) is 124 Å². The maximum absolute atomic E-state index is 12.4. The highest BCUT2D eigenvalue weighted by Crippen LogP contribution is 2.27. The summed E-state index contributed by atoms with van der Waals surface area (Å²) < 4.78 is 51.3. The second-order valence-electron chi connectivity index (χ2n) is 6.91. The number of aromatic hydroxyl groups is 1. The summed E-state index contributed by atoms with van der Waals surface area (Å²) in [6, 6.07) is 19.4. The molecule has 0 bridgehead atoms. The number of nitrogens with one attached hydrogen (secondary N) is 1. The first-order valence-corrected chi connectivity index (χ1v) is 12.6. The molecule has 160 valence electrons. The van der Waals surface area contributed by atoms with E-state index in [0.717, 1.165) is 23.4 Å². The smallest absolute Gasteiger partial charge is 0.244 e. The molecule has 0 unspecified atom stereocenters. The average molecular weight is 457 g/mol. The summed E-state index contributed by atoms with van der Waals surface area (Å²) in [5.74, 6) is -0.430. The third kappa shape index (κ3) is 5.30. The molecule has 31 heavy (non-hydrogen) atoms. The maximum atomic E-state index is 12.4. The highest BCUT2D eigenvalue weighted by atomic mass is 32.2. The molecule has 0 saturated heterocycles. The van der Waals surface area contributed by atoms with E-state index in [4.69, 9.17) is 5.26 Å². The van der Waals surface area contributed by atoms with Gasteiger partial charge in [-0.15, -0.1) is 0 Å². The highest BCUT2D eigenvalue weighted by Gasteiger charge is 2.19. The first-order valence-electron chi connectivity index (χ1n) is 9.23. The summed E-state index contributed by atoms with van der Waals surface area (Å²) >= 11 is 0. The minimum atomic E-state index is -3.98. The van der Waals surface area contributed by atoms with Crippen LogP contribution in [0.4, 0.5) is 0 Å². The molecule has 0 aliphatic heterocycles. The third-order valence-electron chi connectivity index (χ3n) is 4.64. The molecule has 0 heterocycles. The maximum Gasteiger partial charge on any atom is 0.244 e. The molecule has 0 spiro atoms. The summed E-state index contributed by atoms with van der Waals surface area (Å²) in [6.45, 7) is 0.0812. The molecular formula is C22H20N2O5S2. The molecule has 3 rings (SSSR count). The zero-order chi connectivity index (χ0) is 22.6. The number of sulfone groups is 1. The Morgan fingerprint density at radius 1 is 0.935 bits per heavy atom. The number of hydrogen-bond acceptors (Lipinski definition) is 6. The standard InChI is InChI=1S/C22H20N2O5S2/c1-30(26,27)21-5-3-2-4-19(21)18-9-6-16(7-10-18)12-13-24-31(28,29)22-14-17(15-23)8-11-20(22)25/h2-11,14,24-25H,12-13H2,1H3. The Hall–Kier alpha value is -3.19. The van der Waals surface area contributed by atoms with Crippen LogP contribution in [-0.4, -0.2) is 34.7 Å². The van der Waals surface area contributed by atoms with E-state index in [9.17, 15) is 21.9 Å². The van der Waals surface area contributed by atoms with Crippen molar-refractivity contribution in [3.63, 3.8) is 0 Å². The van der Waals surface area contributed by atoms with Crippen molar-refractivity contribution in [2.45, 2.75) is 16.2 Å². The highest BCUT2D eigenvalue weighted by molar-refractivity contribution is 7.91. The van der Waals surface area contributed by atoms with Crippen LogP contribution >= 0.6 is 0 Å². The second kappa shape index (κ2) is 8.89. The molecule has 0 aromatic heterocycles. The number of nitrogens with zero attached hydrogens (tertiary/aromatic N) is 1. The van der Waals surface area contributed by atoms with Gasteiger partial charge in [0.2, 0.25) is 10.0 Å². The Labute approximate surface area is 181 Å². The van der Waals surface area contributed by atoms with Crippen molar-refractivity contribution < 1.29 is 21.9 Å². The lowest BCUT2D eigenvalue weighted by atomic mass is 10.0. The molecule has 3 aromatic carbocycles. The lowest BCUT2D eigenvalue weighted by Crippen LogP contribution is -2.26. The van der Waals surface area contributed by atoms with Crippen molar-refractivity contribution in [3.05, 3.63) is 77.9 Å². The Balaban J connectivity index is 1.72. The summed E-state index contributed by atoms with van der Waals surface area (Å²) in [4.78, 5) is -0.103. The number of benzene rings is 3. The third-order valence-corrected chi connectivity index (χ3v) is 7.28. The predicted octanol–water partition coefficient (Wildman–Crippen LogP) is 2.86. The molecule has 3 aromatic rings. The van der Waals surface area contributed by atoms with Gasteiger partial charge in [0.1, 0.15) is 10.6 Å². The Morgan fingerprint density at radius 2 is 1.61 bits per heavy atom. The van der Waals surface area contributed by atoms with Crippen LogP contribution in [0.3, 0.4) is 0 Å².